The van der Waals surface area contributed by atoms with Gasteiger partial charge in [0.2, 0.25) is 0 Å². The number of benzene rings is 1. The fourth-order valence-electron chi connectivity index (χ4n) is 2.33. The number of hydrogen-bond donors (Lipinski definition) is 1. The summed E-state index contributed by atoms with van der Waals surface area (Å²) in [4.78, 5) is 2.36. The molecule has 1 aliphatic rings. The van der Waals surface area contributed by atoms with E-state index >= 15 is 0 Å². The molecule has 1 aliphatic heterocycles. The van der Waals surface area contributed by atoms with Gasteiger partial charge in [0.1, 0.15) is 5.82 Å². The molecular weight excluding hydrogens is 283 g/mol. The van der Waals surface area contributed by atoms with Crippen molar-refractivity contribution < 1.29 is 4.39 Å². The van der Waals surface area contributed by atoms with E-state index in [2.05, 4.69) is 34.7 Å². The molecule has 1 aromatic rings. The highest BCUT2D eigenvalue weighted by molar-refractivity contribution is 9.10. The first-order chi connectivity index (χ1) is 7.99. The van der Waals surface area contributed by atoms with Gasteiger partial charge in [-0.3, -0.25) is 4.90 Å². The Morgan fingerprint density at radius 3 is 2.71 bits per heavy atom. The van der Waals surface area contributed by atoms with E-state index in [4.69, 9.17) is 5.73 Å². The van der Waals surface area contributed by atoms with E-state index in [9.17, 15) is 4.39 Å². The first-order valence-electron chi connectivity index (χ1n) is 5.93. The minimum atomic E-state index is -0.215. The average Bonchev–Trinajstić information content (AvgIpc) is 2.62. The van der Waals surface area contributed by atoms with E-state index in [1.54, 1.807) is 0 Å². The van der Waals surface area contributed by atoms with Crippen LogP contribution in [0, 0.1) is 11.7 Å². The van der Waals surface area contributed by atoms with Crippen molar-refractivity contribution in [1.82, 2.24) is 4.90 Å². The summed E-state index contributed by atoms with van der Waals surface area (Å²) in [6, 6.07) is 5.74. The van der Waals surface area contributed by atoms with E-state index in [-0.39, 0.29) is 17.9 Å². The number of hydrogen-bond acceptors (Lipinski definition) is 2. The molecule has 0 saturated carbocycles. The highest BCUT2D eigenvalue weighted by Gasteiger charge is 2.30. The Morgan fingerprint density at radius 1 is 1.47 bits per heavy atom. The van der Waals surface area contributed by atoms with Crippen LogP contribution in [0.4, 0.5) is 4.39 Å². The predicted octanol–water partition coefficient (Wildman–Crippen LogP) is 2.93. The summed E-state index contributed by atoms with van der Waals surface area (Å²) in [5.41, 5.74) is 7.15. The van der Waals surface area contributed by atoms with Crippen molar-refractivity contribution in [2.45, 2.75) is 25.9 Å². The Hall–Kier alpha value is -0.450. The number of nitrogens with two attached hydrogens (primary N) is 1. The second-order valence-electron chi connectivity index (χ2n) is 4.94. The Balaban J connectivity index is 2.14. The molecule has 3 unspecified atom stereocenters. The molecule has 94 valence electrons. The number of rotatable bonds is 2. The van der Waals surface area contributed by atoms with Crippen molar-refractivity contribution in [3.63, 3.8) is 0 Å². The quantitative estimate of drug-likeness (QED) is 0.910. The van der Waals surface area contributed by atoms with Gasteiger partial charge in [-0.05, 0) is 46.5 Å². The van der Waals surface area contributed by atoms with Gasteiger partial charge in [-0.1, -0.05) is 13.0 Å². The van der Waals surface area contributed by atoms with Crippen LogP contribution in [0.25, 0.3) is 0 Å². The van der Waals surface area contributed by atoms with E-state index in [0.29, 0.717) is 10.4 Å². The monoisotopic (exact) mass is 300 g/mol. The van der Waals surface area contributed by atoms with E-state index in [1.807, 2.05) is 12.1 Å². The molecule has 1 fully saturated rings. The van der Waals surface area contributed by atoms with Crippen LogP contribution >= 0.6 is 15.9 Å². The molecular formula is C13H18BrFN2. The summed E-state index contributed by atoms with van der Waals surface area (Å²) in [5.74, 6) is 0.314. The summed E-state index contributed by atoms with van der Waals surface area (Å²) in [5, 5.41) is 0. The number of likely N-dealkylation sites (tertiary alicyclic amines) is 1. The van der Waals surface area contributed by atoms with E-state index in [1.165, 1.54) is 6.07 Å². The topological polar surface area (TPSA) is 29.3 Å². The molecule has 0 spiro atoms. The van der Waals surface area contributed by atoms with Crippen LogP contribution in [0.3, 0.4) is 0 Å². The fourth-order valence-corrected chi connectivity index (χ4v) is 2.73. The molecule has 3 atom stereocenters. The molecule has 0 bridgehead atoms. The van der Waals surface area contributed by atoms with Crippen molar-refractivity contribution >= 4 is 15.9 Å². The SMILES string of the molecule is CC1CN(C(C)c2ccc(F)c(Br)c2)CC1N. The van der Waals surface area contributed by atoms with Gasteiger partial charge >= 0.3 is 0 Å². The second-order valence-corrected chi connectivity index (χ2v) is 5.80. The summed E-state index contributed by atoms with van der Waals surface area (Å²) in [7, 11) is 0. The third kappa shape index (κ3) is 2.69. The molecule has 0 aliphatic carbocycles. The lowest BCUT2D eigenvalue weighted by Crippen LogP contribution is -2.29. The van der Waals surface area contributed by atoms with Gasteiger partial charge in [-0.2, -0.15) is 0 Å². The van der Waals surface area contributed by atoms with Gasteiger partial charge < -0.3 is 5.73 Å². The lowest BCUT2D eigenvalue weighted by Gasteiger charge is -2.24. The molecule has 1 saturated heterocycles. The lowest BCUT2D eigenvalue weighted by molar-refractivity contribution is 0.253. The van der Waals surface area contributed by atoms with Crippen molar-refractivity contribution in [2.75, 3.05) is 13.1 Å². The third-order valence-electron chi connectivity index (χ3n) is 3.67. The zero-order valence-electron chi connectivity index (χ0n) is 10.2. The lowest BCUT2D eigenvalue weighted by atomic mass is 10.1. The average molecular weight is 301 g/mol. The van der Waals surface area contributed by atoms with Crippen LogP contribution in [0.15, 0.2) is 22.7 Å². The smallest absolute Gasteiger partial charge is 0.137 e. The number of halogens is 2. The molecule has 1 heterocycles. The second kappa shape index (κ2) is 5.04. The highest BCUT2D eigenvalue weighted by Crippen LogP contribution is 2.29. The normalized spacial score (nSPS) is 27.4. The van der Waals surface area contributed by atoms with Crippen LogP contribution in [0.2, 0.25) is 0 Å². The van der Waals surface area contributed by atoms with Crippen LogP contribution in [0.1, 0.15) is 25.5 Å². The predicted molar refractivity (Wildman–Crippen MR) is 71.2 cm³/mol. The van der Waals surface area contributed by atoms with Gasteiger partial charge in [-0.15, -0.1) is 0 Å². The highest BCUT2D eigenvalue weighted by atomic mass is 79.9. The summed E-state index contributed by atoms with van der Waals surface area (Å²) < 4.78 is 13.7. The van der Waals surface area contributed by atoms with Crippen molar-refractivity contribution in [3.8, 4) is 0 Å². The largest absolute Gasteiger partial charge is 0.326 e. The maximum atomic E-state index is 13.2. The zero-order chi connectivity index (χ0) is 12.6. The van der Waals surface area contributed by atoms with Gasteiger partial charge in [0.15, 0.2) is 0 Å². The molecule has 1 aromatic carbocycles. The minimum Gasteiger partial charge on any atom is -0.326 e. The van der Waals surface area contributed by atoms with Crippen LogP contribution in [0.5, 0.6) is 0 Å². The molecule has 17 heavy (non-hydrogen) atoms. The standard InChI is InChI=1S/C13H18BrFN2/c1-8-6-17(7-13(8)16)9(2)10-3-4-12(15)11(14)5-10/h3-5,8-9,13H,6-7,16H2,1-2H3. The summed E-state index contributed by atoms with van der Waals surface area (Å²) in [6.07, 6.45) is 0. The van der Waals surface area contributed by atoms with Gasteiger partial charge in [-0.25, -0.2) is 4.39 Å². The third-order valence-corrected chi connectivity index (χ3v) is 4.28. The Labute approximate surface area is 110 Å². The Bertz CT molecular complexity index is 400. The first kappa shape index (κ1) is 13.0. The van der Waals surface area contributed by atoms with E-state index in [0.717, 1.165) is 18.7 Å². The molecule has 0 aromatic heterocycles. The summed E-state index contributed by atoms with van der Waals surface area (Å²) >= 11 is 3.23. The van der Waals surface area contributed by atoms with Gasteiger partial charge in [0.25, 0.3) is 0 Å². The zero-order valence-corrected chi connectivity index (χ0v) is 11.7. The van der Waals surface area contributed by atoms with Crippen molar-refractivity contribution in [3.05, 3.63) is 34.1 Å². The Kier molecular flexibility index (Phi) is 3.85. The van der Waals surface area contributed by atoms with E-state index < -0.39 is 0 Å². The maximum Gasteiger partial charge on any atom is 0.137 e. The Morgan fingerprint density at radius 2 is 2.18 bits per heavy atom. The van der Waals surface area contributed by atoms with Crippen LogP contribution < -0.4 is 5.73 Å². The number of nitrogens with zero attached hydrogens (tertiary/aromatic N) is 1. The molecule has 0 amide bonds. The van der Waals surface area contributed by atoms with Crippen LogP contribution in [-0.2, 0) is 0 Å². The molecule has 0 radical (unpaired) electrons. The van der Waals surface area contributed by atoms with Gasteiger partial charge in [0, 0.05) is 25.2 Å². The molecule has 2 N–H and O–H groups in total. The summed E-state index contributed by atoms with van der Waals surface area (Å²) in [6.45, 7) is 6.25. The van der Waals surface area contributed by atoms with Crippen molar-refractivity contribution in [1.29, 1.82) is 0 Å². The van der Waals surface area contributed by atoms with Gasteiger partial charge in [0.05, 0.1) is 4.47 Å². The van der Waals surface area contributed by atoms with Crippen LogP contribution in [-0.4, -0.2) is 24.0 Å². The minimum absolute atomic E-state index is 0.215. The first-order valence-corrected chi connectivity index (χ1v) is 6.73. The molecule has 4 heteroatoms. The molecule has 2 rings (SSSR count). The fraction of sp³-hybridized carbons (Fsp3) is 0.538. The maximum absolute atomic E-state index is 13.2. The van der Waals surface area contributed by atoms with Crippen molar-refractivity contribution in [2.24, 2.45) is 11.7 Å². The molecule has 2 nitrogen and oxygen atoms in total.